The Morgan fingerprint density at radius 2 is 2.00 bits per heavy atom. The molecule has 1 saturated heterocycles. The maximum absolute atomic E-state index is 10.6. The van der Waals surface area contributed by atoms with Gasteiger partial charge in [-0.1, -0.05) is 24.1 Å². The lowest BCUT2D eigenvalue weighted by atomic mass is 10.1. The van der Waals surface area contributed by atoms with Crippen molar-refractivity contribution >= 4 is 23.1 Å². The Morgan fingerprint density at radius 3 is 2.77 bits per heavy atom. The van der Waals surface area contributed by atoms with Crippen LogP contribution in [0.3, 0.4) is 0 Å². The Labute approximate surface area is 172 Å². The molecule has 5 rings (SSSR count). The van der Waals surface area contributed by atoms with Crippen molar-refractivity contribution in [3.63, 3.8) is 0 Å². The van der Waals surface area contributed by atoms with Crippen LogP contribution in [0, 0.1) is 6.92 Å². The molecule has 3 N–H and O–H groups in total. The highest BCUT2D eigenvalue weighted by atomic mass is 16.6. The third kappa shape index (κ3) is 3.36. The van der Waals surface area contributed by atoms with E-state index in [2.05, 4.69) is 25.4 Å². The topological polar surface area (TPSA) is 131 Å². The molecule has 4 atom stereocenters. The number of anilines is 1. The largest absolute Gasteiger partial charge is 0.387 e. The zero-order chi connectivity index (χ0) is 20.7. The average Bonchev–Trinajstić information content (AvgIpc) is 3.52. The molecule has 4 heterocycles. The molecule has 0 radical (unpaired) electrons. The number of hydrogen-bond acceptors (Lipinski definition) is 9. The summed E-state index contributed by atoms with van der Waals surface area (Å²) >= 11 is 0. The van der Waals surface area contributed by atoms with Crippen LogP contribution in [-0.2, 0) is 4.74 Å². The molecular formula is C20H24N6O4. The van der Waals surface area contributed by atoms with Crippen LogP contribution >= 0.6 is 0 Å². The summed E-state index contributed by atoms with van der Waals surface area (Å²) in [5.41, 5.74) is 2.67. The molecule has 10 heteroatoms. The van der Waals surface area contributed by atoms with Crippen molar-refractivity contribution in [1.29, 1.82) is 0 Å². The summed E-state index contributed by atoms with van der Waals surface area (Å²) in [5.74, 6) is 0.677. The van der Waals surface area contributed by atoms with Crippen LogP contribution < -0.4 is 5.32 Å². The van der Waals surface area contributed by atoms with Gasteiger partial charge in [-0.2, -0.15) is 0 Å². The predicted molar refractivity (Wildman–Crippen MR) is 107 cm³/mol. The molecule has 1 saturated carbocycles. The number of aromatic nitrogens is 5. The Hall–Kier alpha value is -2.82. The molecule has 0 unspecified atom stereocenters. The molecule has 2 fully saturated rings. The zero-order valence-corrected chi connectivity index (χ0v) is 16.5. The molecule has 0 bridgehead atoms. The van der Waals surface area contributed by atoms with Gasteiger partial charge in [0.15, 0.2) is 23.2 Å². The second-order valence-corrected chi connectivity index (χ2v) is 7.89. The standard InChI is InChI=1S/C20H24N6O4/c1-11-8-29-25-13(11)6-7-14-16(27)17(28)20(30-14)26-10-23-15-18(21-9-22-19(15)26)24-12-4-2-3-5-12/h6-10,12,14,16-17,20,27-28H,2-5H2,1H3,(H,21,22,24)/t14-,16-,17-,20-/m1/s1. The van der Waals surface area contributed by atoms with Gasteiger partial charge in [-0.3, -0.25) is 4.57 Å². The Kier molecular flexibility index (Phi) is 4.97. The maximum Gasteiger partial charge on any atom is 0.167 e. The number of nitrogens with zero attached hydrogens (tertiary/aromatic N) is 5. The van der Waals surface area contributed by atoms with Crippen LogP contribution in [0.5, 0.6) is 0 Å². The summed E-state index contributed by atoms with van der Waals surface area (Å²) < 4.78 is 12.5. The maximum atomic E-state index is 10.6. The highest BCUT2D eigenvalue weighted by molar-refractivity contribution is 5.82. The lowest BCUT2D eigenvalue weighted by Crippen LogP contribution is -2.30. The normalized spacial score (nSPS) is 27.6. The molecule has 3 aromatic heterocycles. The molecule has 1 aliphatic carbocycles. The second kappa shape index (κ2) is 7.78. The van der Waals surface area contributed by atoms with Crippen LogP contribution in [0.4, 0.5) is 5.82 Å². The summed E-state index contributed by atoms with van der Waals surface area (Å²) in [6.07, 6.45) is 8.82. The van der Waals surface area contributed by atoms with Crippen LogP contribution in [0.15, 0.2) is 29.5 Å². The third-order valence-corrected chi connectivity index (χ3v) is 5.83. The Bertz CT molecular complexity index is 1060. The summed E-state index contributed by atoms with van der Waals surface area (Å²) in [5, 5.41) is 28.4. The smallest absolute Gasteiger partial charge is 0.167 e. The fourth-order valence-electron chi connectivity index (χ4n) is 4.12. The minimum atomic E-state index is -1.14. The quantitative estimate of drug-likeness (QED) is 0.574. The first-order valence-corrected chi connectivity index (χ1v) is 10.2. The molecule has 2 aliphatic rings. The molecule has 10 nitrogen and oxygen atoms in total. The molecule has 3 aromatic rings. The molecule has 0 amide bonds. The van der Waals surface area contributed by atoms with Crippen LogP contribution in [0.1, 0.15) is 43.2 Å². The fraction of sp³-hybridized carbons (Fsp3) is 0.500. The van der Waals surface area contributed by atoms with E-state index in [1.54, 1.807) is 23.0 Å². The minimum absolute atomic E-state index is 0.387. The number of hydrogen-bond donors (Lipinski definition) is 3. The van der Waals surface area contributed by atoms with Gasteiger partial charge in [-0.25, -0.2) is 15.0 Å². The molecule has 30 heavy (non-hydrogen) atoms. The molecule has 158 valence electrons. The van der Waals surface area contributed by atoms with E-state index in [1.807, 2.05) is 6.92 Å². The van der Waals surface area contributed by atoms with Gasteiger partial charge in [0.05, 0.1) is 6.33 Å². The van der Waals surface area contributed by atoms with Crippen LogP contribution in [0.25, 0.3) is 17.2 Å². The van der Waals surface area contributed by atoms with E-state index in [-0.39, 0.29) is 0 Å². The first kappa shape index (κ1) is 19.2. The highest BCUT2D eigenvalue weighted by Gasteiger charge is 2.43. The number of aliphatic hydroxyl groups excluding tert-OH is 2. The monoisotopic (exact) mass is 412 g/mol. The molecule has 0 aromatic carbocycles. The summed E-state index contributed by atoms with van der Waals surface area (Å²) in [4.78, 5) is 13.1. The van der Waals surface area contributed by atoms with Crippen molar-refractivity contribution in [3.05, 3.63) is 36.3 Å². The van der Waals surface area contributed by atoms with E-state index in [4.69, 9.17) is 9.26 Å². The van der Waals surface area contributed by atoms with E-state index in [0.29, 0.717) is 28.7 Å². The van der Waals surface area contributed by atoms with Gasteiger partial charge < -0.3 is 24.8 Å². The van der Waals surface area contributed by atoms with Crippen molar-refractivity contribution in [1.82, 2.24) is 24.7 Å². The number of aryl methyl sites for hydroxylation is 1. The average molecular weight is 412 g/mol. The van der Waals surface area contributed by atoms with Crippen LogP contribution in [-0.4, -0.2) is 59.2 Å². The fourth-order valence-corrected chi connectivity index (χ4v) is 4.12. The lowest BCUT2D eigenvalue weighted by Gasteiger charge is -2.17. The number of aliphatic hydroxyl groups is 2. The Morgan fingerprint density at radius 1 is 1.17 bits per heavy atom. The van der Waals surface area contributed by atoms with E-state index in [0.717, 1.165) is 18.4 Å². The predicted octanol–water partition coefficient (Wildman–Crippen LogP) is 1.81. The first-order valence-electron chi connectivity index (χ1n) is 10.2. The van der Waals surface area contributed by atoms with Gasteiger partial charge in [0.1, 0.15) is 36.6 Å². The van der Waals surface area contributed by atoms with Gasteiger partial charge in [-0.05, 0) is 25.8 Å². The second-order valence-electron chi connectivity index (χ2n) is 7.89. The van der Waals surface area contributed by atoms with E-state index in [1.165, 1.54) is 25.4 Å². The SMILES string of the molecule is Cc1conc1C=C[C@H]1O[C@@H](n2cnc3c(NC4CCCC4)ncnc32)[C@H](O)[C@@H]1O. The molecule has 1 aliphatic heterocycles. The first-order chi connectivity index (χ1) is 14.6. The molecular weight excluding hydrogens is 388 g/mol. The minimum Gasteiger partial charge on any atom is -0.387 e. The van der Waals surface area contributed by atoms with E-state index in [9.17, 15) is 10.2 Å². The van der Waals surface area contributed by atoms with Gasteiger partial charge in [0.25, 0.3) is 0 Å². The van der Waals surface area contributed by atoms with Crippen molar-refractivity contribution in [3.8, 4) is 0 Å². The number of rotatable bonds is 5. The Balaban J connectivity index is 1.39. The van der Waals surface area contributed by atoms with Crippen molar-refractivity contribution in [2.75, 3.05) is 5.32 Å². The van der Waals surface area contributed by atoms with Crippen molar-refractivity contribution in [2.45, 2.75) is 63.2 Å². The number of fused-ring (bicyclic) bond motifs is 1. The number of imidazole rings is 1. The van der Waals surface area contributed by atoms with E-state index < -0.39 is 24.5 Å². The van der Waals surface area contributed by atoms with Crippen molar-refractivity contribution < 1.29 is 19.5 Å². The summed E-state index contributed by atoms with van der Waals surface area (Å²) in [6.45, 7) is 1.87. The molecule has 0 spiro atoms. The summed E-state index contributed by atoms with van der Waals surface area (Å²) in [7, 11) is 0. The number of nitrogens with one attached hydrogen (secondary N) is 1. The van der Waals surface area contributed by atoms with E-state index >= 15 is 0 Å². The third-order valence-electron chi connectivity index (χ3n) is 5.83. The van der Waals surface area contributed by atoms with Gasteiger partial charge in [-0.15, -0.1) is 0 Å². The summed E-state index contributed by atoms with van der Waals surface area (Å²) in [6, 6.07) is 0.387. The van der Waals surface area contributed by atoms with Gasteiger partial charge >= 0.3 is 0 Å². The van der Waals surface area contributed by atoms with Gasteiger partial charge in [0.2, 0.25) is 0 Å². The number of ether oxygens (including phenoxy) is 1. The lowest BCUT2D eigenvalue weighted by molar-refractivity contribution is -0.0243. The highest BCUT2D eigenvalue weighted by Crippen LogP contribution is 2.33. The zero-order valence-electron chi connectivity index (χ0n) is 16.5. The van der Waals surface area contributed by atoms with Gasteiger partial charge in [0, 0.05) is 11.6 Å². The van der Waals surface area contributed by atoms with Crippen LogP contribution in [0.2, 0.25) is 0 Å². The van der Waals surface area contributed by atoms with Crippen molar-refractivity contribution in [2.24, 2.45) is 0 Å².